The Morgan fingerprint density at radius 3 is 2.59 bits per heavy atom. The normalized spacial score (nSPS) is 10.6. The van der Waals surface area contributed by atoms with Crippen molar-refractivity contribution in [3.8, 4) is 0 Å². The Kier molecular flexibility index (Phi) is 3.96. The van der Waals surface area contributed by atoms with E-state index < -0.39 is 0 Å². The van der Waals surface area contributed by atoms with Gasteiger partial charge in [0.2, 0.25) is 0 Å². The number of anilines is 1. The molecule has 1 N–H and O–H groups in total. The first-order valence-corrected chi connectivity index (χ1v) is 7.85. The maximum absolute atomic E-state index is 12.4. The number of ketones is 1. The number of halogens is 1. The smallest absolute Gasteiger partial charge is 0.267 e. The first kappa shape index (κ1) is 14.8. The third kappa shape index (κ3) is 2.75. The summed E-state index contributed by atoms with van der Waals surface area (Å²) in [6.45, 7) is 1.49. The largest absolute Gasteiger partial charge is 0.321 e. The van der Waals surface area contributed by atoms with Crippen molar-refractivity contribution >= 4 is 50.4 Å². The highest BCUT2D eigenvalue weighted by Gasteiger charge is 2.17. The summed E-state index contributed by atoms with van der Waals surface area (Å²) in [7, 11) is 0. The molecule has 3 rings (SSSR count). The Balaban J connectivity index is 1.92. The quantitative estimate of drug-likeness (QED) is 0.686. The van der Waals surface area contributed by atoms with E-state index in [0.717, 1.165) is 10.1 Å². The summed E-state index contributed by atoms with van der Waals surface area (Å²) in [5.41, 5.74) is 1.13. The van der Waals surface area contributed by atoms with Gasteiger partial charge in [-0.15, -0.1) is 11.3 Å². The summed E-state index contributed by atoms with van der Waals surface area (Å²) in [4.78, 5) is 24.3. The molecule has 0 aliphatic rings. The molecule has 1 amide bonds. The maximum Gasteiger partial charge on any atom is 0.267 e. The van der Waals surface area contributed by atoms with Gasteiger partial charge in [0.1, 0.15) is 4.88 Å². The Labute approximate surface area is 136 Å². The molecule has 0 spiro atoms. The molecular formula is C17H12ClNO2S. The van der Waals surface area contributed by atoms with Crippen molar-refractivity contribution in [1.82, 2.24) is 0 Å². The number of nitrogens with one attached hydrogen (secondary N) is 1. The standard InChI is InChI=1S/C17H12ClNO2S/c1-10(20)11-5-4-6-12(9-11)19-17(21)16-15(18)13-7-2-3-8-14(13)22-16/h2-9H,1H3,(H,19,21). The second-order valence-corrected chi connectivity index (χ2v) is 6.26. The van der Waals surface area contributed by atoms with Crippen molar-refractivity contribution in [3.63, 3.8) is 0 Å². The van der Waals surface area contributed by atoms with E-state index in [1.165, 1.54) is 18.3 Å². The maximum atomic E-state index is 12.4. The van der Waals surface area contributed by atoms with Crippen LogP contribution in [-0.2, 0) is 0 Å². The molecule has 0 saturated carbocycles. The van der Waals surface area contributed by atoms with Gasteiger partial charge in [-0.2, -0.15) is 0 Å². The molecule has 3 nitrogen and oxygen atoms in total. The predicted octanol–water partition coefficient (Wildman–Crippen LogP) is 5.01. The molecule has 1 heterocycles. The Hall–Kier alpha value is -2.17. The lowest BCUT2D eigenvalue weighted by Gasteiger charge is -2.05. The summed E-state index contributed by atoms with van der Waals surface area (Å²) >= 11 is 7.65. The van der Waals surface area contributed by atoms with Crippen molar-refractivity contribution in [2.45, 2.75) is 6.92 Å². The molecule has 2 aromatic carbocycles. The minimum absolute atomic E-state index is 0.0454. The fourth-order valence-electron chi connectivity index (χ4n) is 2.16. The van der Waals surface area contributed by atoms with Crippen molar-refractivity contribution in [2.24, 2.45) is 0 Å². The number of thiophene rings is 1. The van der Waals surface area contributed by atoms with Crippen LogP contribution in [0, 0.1) is 0 Å². The van der Waals surface area contributed by atoms with Gasteiger partial charge in [0.25, 0.3) is 5.91 Å². The van der Waals surface area contributed by atoms with Gasteiger partial charge < -0.3 is 5.32 Å². The molecule has 0 radical (unpaired) electrons. The number of benzene rings is 2. The Morgan fingerprint density at radius 2 is 1.86 bits per heavy atom. The molecule has 0 bridgehead atoms. The molecule has 0 aliphatic carbocycles. The van der Waals surface area contributed by atoms with E-state index in [1.54, 1.807) is 24.3 Å². The predicted molar refractivity (Wildman–Crippen MR) is 91.2 cm³/mol. The summed E-state index contributed by atoms with van der Waals surface area (Å²) in [5, 5.41) is 4.12. The van der Waals surface area contributed by atoms with E-state index >= 15 is 0 Å². The molecule has 5 heteroatoms. The van der Waals surface area contributed by atoms with Crippen molar-refractivity contribution < 1.29 is 9.59 Å². The van der Waals surface area contributed by atoms with Gasteiger partial charge in [-0.1, -0.05) is 41.9 Å². The van der Waals surface area contributed by atoms with E-state index in [2.05, 4.69) is 5.32 Å². The molecule has 110 valence electrons. The van der Waals surface area contributed by atoms with E-state index in [9.17, 15) is 9.59 Å². The molecule has 0 atom stereocenters. The molecule has 3 aromatic rings. The van der Waals surface area contributed by atoms with Crippen LogP contribution < -0.4 is 5.32 Å². The van der Waals surface area contributed by atoms with Crippen LogP contribution in [-0.4, -0.2) is 11.7 Å². The Bertz CT molecular complexity index is 885. The molecular weight excluding hydrogens is 318 g/mol. The van der Waals surface area contributed by atoms with E-state index in [0.29, 0.717) is 21.2 Å². The van der Waals surface area contributed by atoms with Crippen LogP contribution in [0.2, 0.25) is 5.02 Å². The first-order valence-electron chi connectivity index (χ1n) is 6.65. The fraction of sp³-hybridized carbons (Fsp3) is 0.0588. The number of fused-ring (bicyclic) bond motifs is 1. The zero-order valence-electron chi connectivity index (χ0n) is 11.7. The summed E-state index contributed by atoms with van der Waals surface area (Å²) < 4.78 is 0.968. The summed E-state index contributed by atoms with van der Waals surface area (Å²) in [6.07, 6.45) is 0. The van der Waals surface area contributed by atoms with Gasteiger partial charge in [-0.3, -0.25) is 9.59 Å². The molecule has 0 aliphatic heterocycles. The lowest BCUT2D eigenvalue weighted by atomic mass is 10.1. The van der Waals surface area contributed by atoms with Crippen LogP contribution in [0.1, 0.15) is 27.0 Å². The number of Topliss-reactive ketones (excluding diaryl/α,β-unsaturated/α-hetero) is 1. The second kappa shape index (κ2) is 5.91. The highest BCUT2D eigenvalue weighted by molar-refractivity contribution is 7.21. The SMILES string of the molecule is CC(=O)c1cccc(NC(=O)c2sc3ccccc3c2Cl)c1. The number of carbonyl (C=O) groups is 2. The van der Waals surface area contributed by atoms with E-state index in [-0.39, 0.29) is 11.7 Å². The topological polar surface area (TPSA) is 46.2 Å². The van der Waals surface area contributed by atoms with Gasteiger partial charge in [-0.25, -0.2) is 0 Å². The van der Waals surface area contributed by atoms with E-state index in [1.807, 2.05) is 24.3 Å². The van der Waals surface area contributed by atoms with Crippen LogP contribution in [0.3, 0.4) is 0 Å². The van der Waals surface area contributed by atoms with Crippen LogP contribution in [0.15, 0.2) is 48.5 Å². The van der Waals surface area contributed by atoms with Gasteiger partial charge in [0.05, 0.1) is 5.02 Å². The molecule has 0 unspecified atom stereocenters. The third-order valence-electron chi connectivity index (χ3n) is 3.27. The first-order chi connectivity index (χ1) is 10.6. The highest BCUT2D eigenvalue weighted by Crippen LogP contribution is 2.35. The summed E-state index contributed by atoms with van der Waals surface area (Å²) in [6, 6.07) is 14.5. The van der Waals surface area contributed by atoms with Crippen molar-refractivity contribution in [3.05, 3.63) is 64.0 Å². The third-order valence-corrected chi connectivity index (χ3v) is 4.94. The average molecular weight is 330 g/mol. The van der Waals surface area contributed by atoms with Gasteiger partial charge in [0, 0.05) is 21.3 Å². The second-order valence-electron chi connectivity index (χ2n) is 4.83. The minimum atomic E-state index is -0.271. The fourth-order valence-corrected chi connectivity index (χ4v) is 3.58. The molecule has 1 aromatic heterocycles. The minimum Gasteiger partial charge on any atom is -0.321 e. The highest BCUT2D eigenvalue weighted by atomic mass is 35.5. The lowest BCUT2D eigenvalue weighted by molar-refractivity contribution is 0.101. The zero-order chi connectivity index (χ0) is 15.7. The van der Waals surface area contributed by atoms with Crippen LogP contribution >= 0.6 is 22.9 Å². The van der Waals surface area contributed by atoms with Gasteiger partial charge >= 0.3 is 0 Å². The van der Waals surface area contributed by atoms with E-state index in [4.69, 9.17) is 11.6 Å². The van der Waals surface area contributed by atoms with Crippen LogP contribution in [0.5, 0.6) is 0 Å². The number of hydrogen-bond acceptors (Lipinski definition) is 3. The average Bonchev–Trinajstić information content (AvgIpc) is 2.85. The van der Waals surface area contributed by atoms with Crippen LogP contribution in [0.25, 0.3) is 10.1 Å². The Morgan fingerprint density at radius 1 is 1.09 bits per heavy atom. The number of rotatable bonds is 3. The number of hydrogen-bond donors (Lipinski definition) is 1. The number of amides is 1. The van der Waals surface area contributed by atoms with Gasteiger partial charge in [-0.05, 0) is 25.1 Å². The zero-order valence-corrected chi connectivity index (χ0v) is 13.3. The van der Waals surface area contributed by atoms with Crippen LogP contribution in [0.4, 0.5) is 5.69 Å². The van der Waals surface area contributed by atoms with Crippen molar-refractivity contribution in [2.75, 3.05) is 5.32 Å². The molecule has 22 heavy (non-hydrogen) atoms. The number of carbonyl (C=O) groups excluding carboxylic acids is 2. The van der Waals surface area contributed by atoms with Crippen molar-refractivity contribution in [1.29, 1.82) is 0 Å². The molecule has 0 saturated heterocycles. The monoisotopic (exact) mass is 329 g/mol. The lowest BCUT2D eigenvalue weighted by Crippen LogP contribution is -2.11. The van der Waals surface area contributed by atoms with Gasteiger partial charge in [0.15, 0.2) is 5.78 Å². The molecule has 0 fully saturated rings. The summed E-state index contributed by atoms with van der Waals surface area (Å²) in [5.74, 6) is -0.317.